The van der Waals surface area contributed by atoms with Crippen LogP contribution in [0.2, 0.25) is 0 Å². The molecule has 4 heterocycles. The van der Waals surface area contributed by atoms with E-state index in [1.807, 2.05) is 12.1 Å². The number of hydrogen-bond donors (Lipinski definition) is 1. The molecule has 0 radical (unpaired) electrons. The Morgan fingerprint density at radius 2 is 1.85 bits per heavy atom. The molecule has 0 aliphatic carbocycles. The first-order valence-electron chi connectivity index (χ1n) is 15.8. The fourth-order valence-corrected chi connectivity index (χ4v) is 6.43. The van der Waals surface area contributed by atoms with Crippen LogP contribution in [0.4, 0.5) is 15.8 Å². The summed E-state index contributed by atoms with van der Waals surface area (Å²) in [6, 6.07) is 12.6. The maximum absolute atomic E-state index is 14.2. The molecule has 13 heteroatoms. The number of rotatable bonds is 9. The van der Waals surface area contributed by atoms with Crippen LogP contribution >= 0.6 is 0 Å². The Kier molecular flexibility index (Phi) is 9.30. The van der Waals surface area contributed by atoms with Crippen molar-refractivity contribution in [2.24, 2.45) is 0 Å². The molecule has 48 heavy (non-hydrogen) atoms. The minimum atomic E-state index is -0.968. The highest BCUT2D eigenvalue weighted by molar-refractivity contribution is 6.01. The van der Waals surface area contributed by atoms with E-state index in [1.54, 1.807) is 31.2 Å². The molecule has 2 aliphatic heterocycles. The van der Waals surface area contributed by atoms with Gasteiger partial charge in [-0.15, -0.1) is 5.10 Å². The maximum atomic E-state index is 14.2. The molecule has 2 aromatic heterocycles. The first-order chi connectivity index (χ1) is 23.1. The molecular formula is C35H38FN9O3. The number of fused-ring (bicyclic) bond motifs is 1. The van der Waals surface area contributed by atoms with Crippen LogP contribution < -0.4 is 10.2 Å². The number of anilines is 2. The van der Waals surface area contributed by atoms with Crippen LogP contribution in [0.15, 0.2) is 84.3 Å². The van der Waals surface area contributed by atoms with Crippen molar-refractivity contribution in [2.75, 3.05) is 43.9 Å². The van der Waals surface area contributed by atoms with Crippen LogP contribution in [0.1, 0.15) is 46.4 Å². The van der Waals surface area contributed by atoms with Crippen LogP contribution in [-0.2, 0) is 11.2 Å². The summed E-state index contributed by atoms with van der Waals surface area (Å²) in [5.74, 6) is -0.749. The zero-order chi connectivity index (χ0) is 33.9. The Labute approximate surface area is 278 Å². The zero-order valence-electron chi connectivity index (χ0n) is 27.3. The van der Waals surface area contributed by atoms with E-state index in [0.29, 0.717) is 29.9 Å². The lowest BCUT2D eigenvalue weighted by Crippen LogP contribution is -2.46. The van der Waals surface area contributed by atoms with Gasteiger partial charge in [-0.1, -0.05) is 41.7 Å². The highest BCUT2D eigenvalue weighted by atomic mass is 19.1. The molecule has 0 saturated carbocycles. The fourth-order valence-electron chi connectivity index (χ4n) is 6.43. The molecule has 1 N–H and O–H groups in total. The number of piperidine rings is 1. The molecule has 1 unspecified atom stereocenters. The first kappa shape index (κ1) is 32.5. The van der Waals surface area contributed by atoms with Crippen LogP contribution in [0.5, 0.6) is 0 Å². The Morgan fingerprint density at radius 3 is 2.50 bits per heavy atom. The lowest BCUT2D eigenvalue weighted by atomic mass is 9.89. The summed E-state index contributed by atoms with van der Waals surface area (Å²) in [4.78, 5) is 38.7. The van der Waals surface area contributed by atoms with Gasteiger partial charge in [0.2, 0.25) is 11.7 Å². The average molecular weight is 652 g/mol. The lowest BCUT2D eigenvalue weighted by Gasteiger charge is -2.41. The summed E-state index contributed by atoms with van der Waals surface area (Å²) < 4.78 is 20.4. The van der Waals surface area contributed by atoms with E-state index in [-0.39, 0.29) is 23.8 Å². The third-order valence-corrected chi connectivity index (χ3v) is 8.89. The van der Waals surface area contributed by atoms with Crippen molar-refractivity contribution in [3.8, 4) is 11.4 Å². The van der Waals surface area contributed by atoms with Crippen molar-refractivity contribution in [3.63, 3.8) is 0 Å². The number of nitrogens with one attached hydrogen (secondary N) is 1. The van der Waals surface area contributed by atoms with E-state index < -0.39 is 17.8 Å². The van der Waals surface area contributed by atoms with Crippen molar-refractivity contribution in [1.82, 2.24) is 34.9 Å². The second kappa shape index (κ2) is 13.7. The summed E-state index contributed by atoms with van der Waals surface area (Å²) in [6.45, 7) is 10.7. The molecule has 4 aromatic rings. The van der Waals surface area contributed by atoms with Crippen molar-refractivity contribution in [2.45, 2.75) is 38.3 Å². The van der Waals surface area contributed by atoms with Gasteiger partial charge in [0.25, 0.3) is 11.8 Å². The molecule has 6 rings (SSSR count). The minimum Gasteiger partial charge on any atom is -0.371 e. The predicted octanol–water partition coefficient (Wildman–Crippen LogP) is 5.06. The molecule has 1 atom stereocenters. The van der Waals surface area contributed by atoms with E-state index in [1.165, 1.54) is 23.2 Å². The third-order valence-electron chi connectivity index (χ3n) is 8.89. The minimum absolute atomic E-state index is 0.00283. The number of carbonyl (C=O) groups excluding carboxylic acids is 2. The highest BCUT2D eigenvalue weighted by Gasteiger charge is 2.39. The van der Waals surface area contributed by atoms with Gasteiger partial charge in [-0.25, -0.2) is 9.07 Å². The topological polar surface area (TPSA) is 126 Å². The SMILES string of the molecule is C=CC=C(C(=C)F)n1cc(C(=O)N2CCc3c(cccc3N3CCC(N(C)C)CC3)C2C(=O)Nc2ccc(-c3noc(C)n3)cc2)nn1. The fraction of sp³-hybridized carbons (Fsp3) is 0.314. The van der Waals surface area contributed by atoms with Crippen molar-refractivity contribution in [1.29, 1.82) is 0 Å². The van der Waals surface area contributed by atoms with Gasteiger partial charge in [0.15, 0.2) is 5.69 Å². The molecule has 0 spiro atoms. The van der Waals surface area contributed by atoms with E-state index in [2.05, 4.69) is 68.9 Å². The first-order valence-corrected chi connectivity index (χ1v) is 15.8. The average Bonchev–Trinajstić information content (AvgIpc) is 3.76. The molecule has 1 saturated heterocycles. The van der Waals surface area contributed by atoms with E-state index in [4.69, 9.17) is 4.52 Å². The van der Waals surface area contributed by atoms with E-state index in [0.717, 1.165) is 53.0 Å². The quantitative estimate of drug-likeness (QED) is 0.247. The molecule has 2 aromatic carbocycles. The van der Waals surface area contributed by atoms with Crippen LogP contribution in [0.25, 0.3) is 17.1 Å². The van der Waals surface area contributed by atoms with Gasteiger partial charge in [-0.05, 0) is 80.9 Å². The van der Waals surface area contributed by atoms with Crippen LogP contribution in [0, 0.1) is 6.92 Å². The number of benzene rings is 2. The summed E-state index contributed by atoms with van der Waals surface area (Å²) in [5, 5.41) is 15.0. The molecule has 12 nitrogen and oxygen atoms in total. The maximum Gasteiger partial charge on any atom is 0.277 e. The van der Waals surface area contributed by atoms with Gasteiger partial charge < -0.3 is 24.5 Å². The Hall–Kier alpha value is -5.43. The molecule has 2 aliphatic rings. The normalized spacial score (nSPS) is 16.9. The number of halogens is 1. The summed E-state index contributed by atoms with van der Waals surface area (Å²) in [5.41, 5.74) is 4.11. The highest BCUT2D eigenvalue weighted by Crippen LogP contribution is 2.38. The van der Waals surface area contributed by atoms with E-state index in [9.17, 15) is 14.0 Å². The van der Waals surface area contributed by atoms with Crippen molar-refractivity contribution in [3.05, 3.63) is 103 Å². The van der Waals surface area contributed by atoms with Gasteiger partial charge in [-0.3, -0.25) is 9.59 Å². The molecule has 248 valence electrons. The monoisotopic (exact) mass is 651 g/mol. The zero-order valence-corrected chi connectivity index (χ0v) is 27.3. The number of aromatic nitrogens is 5. The molecule has 1 fully saturated rings. The van der Waals surface area contributed by atoms with Crippen molar-refractivity contribution < 1.29 is 18.5 Å². The largest absolute Gasteiger partial charge is 0.371 e. The summed E-state index contributed by atoms with van der Waals surface area (Å²) in [7, 11) is 4.23. The number of amides is 2. The number of hydrogen-bond acceptors (Lipinski definition) is 9. The number of aryl methyl sites for hydroxylation is 1. The second-order valence-electron chi connectivity index (χ2n) is 12.1. The number of carbonyl (C=O) groups is 2. The summed E-state index contributed by atoms with van der Waals surface area (Å²) in [6.07, 6.45) is 6.72. The Bertz CT molecular complexity index is 1870. The molecular weight excluding hydrogens is 613 g/mol. The van der Waals surface area contributed by atoms with E-state index >= 15 is 0 Å². The number of nitrogens with zero attached hydrogens (tertiary/aromatic N) is 8. The van der Waals surface area contributed by atoms with Crippen LogP contribution in [0.3, 0.4) is 0 Å². The van der Waals surface area contributed by atoms with Gasteiger partial charge in [0.1, 0.15) is 17.6 Å². The van der Waals surface area contributed by atoms with Gasteiger partial charge in [0.05, 0.1) is 6.20 Å². The molecule has 0 bridgehead atoms. The van der Waals surface area contributed by atoms with Gasteiger partial charge >= 0.3 is 0 Å². The second-order valence-corrected chi connectivity index (χ2v) is 12.1. The lowest BCUT2D eigenvalue weighted by molar-refractivity contribution is -0.121. The third kappa shape index (κ3) is 6.54. The molecule has 2 amide bonds. The van der Waals surface area contributed by atoms with Crippen LogP contribution in [-0.4, -0.2) is 86.5 Å². The Morgan fingerprint density at radius 1 is 1.10 bits per heavy atom. The van der Waals surface area contributed by atoms with Crippen molar-refractivity contribution >= 4 is 28.9 Å². The van der Waals surface area contributed by atoms with Gasteiger partial charge in [-0.2, -0.15) is 4.98 Å². The predicted molar refractivity (Wildman–Crippen MR) is 181 cm³/mol. The Balaban J connectivity index is 1.32. The smallest absolute Gasteiger partial charge is 0.277 e. The summed E-state index contributed by atoms with van der Waals surface area (Å²) >= 11 is 0. The number of allylic oxidation sites excluding steroid dienone is 4. The standard InChI is InChI=1S/C35H38FN9O3/c1-6-8-30(22(2)36)45-21-29(39-41-45)35(47)44-20-17-27-28(9-7-10-31(27)43-18-15-26(16-19-43)42(4)5)32(44)34(46)38-25-13-11-24(12-14-25)33-37-23(3)48-40-33/h6-14,21,26,32H,1-2,15-20H2,3-5H3,(H,38,46). The van der Waals surface area contributed by atoms with Gasteiger partial charge in [0, 0.05) is 49.5 Å².